The number of nitrogens with one attached hydrogen (secondary N) is 2. The van der Waals surface area contributed by atoms with E-state index in [4.69, 9.17) is 14.2 Å². The number of anilines is 2. The molecule has 12 heteroatoms. The fourth-order valence-corrected chi connectivity index (χ4v) is 5.48. The number of rotatable bonds is 13. The molecule has 4 rings (SSSR count). The van der Waals surface area contributed by atoms with E-state index in [1.165, 1.54) is 32.6 Å². The van der Waals surface area contributed by atoms with Crippen LogP contribution in [0.1, 0.15) is 11.1 Å². The Morgan fingerprint density at radius 2 is 1.45 bits per heavy atom. The van der Waals surface area contributed by atoms with Gasteiger partial charge in [0.25, 0.3) is 21.8 Å². The van der Waals surface area contributed by atoms with E-state index < -0.39 is 22.5 Å². The molecular weight excluding hydrogens is 584 g/mol. The second kappa shape index (κ2) is 14.7. The van der Waals surface area contributed by atoms with Gasteiger partial charge in [-0.2, -0.15) is 5.10 Å². The molecule has 0 bridgehead atoms. The summed E-state index contributed by atoms with van der Waals surface area (Å²) in [5, 5.41) is 6.70. The summed E-state index contributed by atoms with van der Waals surface area (Å²) >= 11 is 0. The average molecular weight is 617 g/mol. The van der Waals surface area contributed by atoms with Crippen molar-refractivity contribution < 1.29 is 32.2 Å². The van der Waals surface area contributed by atoms with Crippen molar-refractivity contribution in [1.82, 2.24) is 5.43 Å². The van der Waals surface area contributed by atoms with E-state index in [1.807, 2.05) is 6.92 Å². The van der Waals surface area contributed by atoms with E-state index in [0.717, 1.165) is 9.87 Å². The normalized spacial score (nSPS) is 11.1. The van der Waals surface area contributed by atoms with Crippen LogP contribution in [0.4, 0.5) is 11.4 Å². The lowest BCUT2D eigenvalue weighted by atomic mass is 10.2. The van der Waals surface area contributed by atoms with Gasteiger partial charge in [-0.3, -0.25) is 13.9 Å². The minimum Gasteiger partial charge on any atom is -0.495 e. The molecule has 228 valence electrons. The molecule has 44 heavy (non-hydrogen) atoms. The van der Waals surface area contributed by atoms with Crippen LogP contribution < -0.4 is 29.3 Å². The highest BCUT2D eigenvalue weighted by molar-refractivity contribution is 7.92. The summed E-state index contributed by atoms with van der Waals surface area (Å²) < 4.78 is 44.3. The molecule has 4 aromatic rings. The van der Waals surface area contributed by atoms with Gasteiger partial charge in [-0.05, 0) is 73.2 Å². The fraction of sp³-hybridized carbons (Fsp3) is 0.156. The molecule has 4 aromatic carbocycles. The summed E-state index contributed by atoms with van der Waals surface area (Å²) in [6.07, 6.45) is 1.40. The maximum atomic E-state index is 13.6. The number of hydrogen-bond donors (Lipinski definition) is 2. The van der Waals surface area contributed by atoms with Crippen molar-refractivity contribution >= 4 is 39.4 Å². The lowest BCUT2D eigenvalue weighted by molar-refractivity contribution is -0.119. The van der Waals surface area contributed by atoms with E-state index in [-0.39, 0.29) is 23.1 Å². The molecule has 0 fully saturated rings. The summed E-state index contributed by atoms with van der Waals surface area (Å²) in [7, 11) is -1.18. The van der Waals surface area contributed by atoms with Crippen LogP contribution in [0.3, 0.4) is 0 Å². The van der Waals surface area contributed by atoms with Crippen LogP contribution in [0.25, 0.3) is 0 Å². The number of aryl methyl sites for hydroxylation is 1. The van der Waals surface area contributed by atoms with Gasteiger partial charge >= 0.3 is 0 Å². The van der Waals surface area contributed by atoms with E-state index in [2.05, 4.69) is 15.8 Å². The number of methoxy groups -OCH3 is 2. The number of amides is 2. The quantitative estimate of drug-likeness (QED) is 0.168. The molecule has 11 nitrogen and oxygen atoms in total. The molecule has 0 saturated carbocycles. The molecule has 0 unspecified atom stereocenters. The van der Waals surface area contributed by atoms with Gasteiger partial charge in [0.2, 0.25) is 0 Å². The molecular formula is C32H32N4O7S. The van der Waals surface area contributed by atoms with Gasteiger partial charge in [-0.15, -0.1) is 0 Å². The second-order valence-corrected chi connectivity index (χ2v) is 11.3. The fourth-order valence-electron chi connectivity index (χ4n) is 4.05. The molecule has 0 atom stereocenters. The van der Waals surface area contributed by atoms with E-state index in [0.29, 0.717) is 28.5 Å². The number of ether oxygens (including phenoxy) is 3. The number of hydrazone groups is 1. The summed E-state index contributed by atoms with van der Waals surface area (Å²) in [5.41, 5.74) is 4.65. The van der Waals surface area contributed by atoms with Crippen LogP contribution >= 0.6 is 0 Å². The highest BCUT2D eigenvalue weighted by atomic mass is 32.2. The molecule has 0 aliphatic heterocycles. The third-order valence-corrected chi connectivity index (χ3v) is 8.06. The third-order valence-electron chi connectivity index (χ3n) is 6.28. The van der Waals surface area contributed by atoms with Gasteiger partial charge in [-0.1, -0.05) is 42.0 Å². The Labute approximate surface area is 256 Å². The predicted octanol–water partition coefficient (Wildman–Crippen LogP) is 4.38. The topological polar surface area (TPSA) is 136 Å². The summed E-state index contributed by atoms with van der Waals surface area (Å²) in [6, 6.07) is 26.6. The Morgan fingerprint density at radius 3 is 2.14 bits per heavy atom. The first kappa shape index (κ1) is 31.6. The molecule has 0 radical (unpaired) electrons. The number of benzene rings is 4. The SMILES string of the molecule is COc1ccccc1NC(=O)COc1ccc(/C=N\NC(=O)CN(c2ccccc2OC)S(=O)(=O)c2ccc(C)cc2)cc1. The second-order valence-electron chi connectivity index (χ2n) is 9.40. The molecule has 0 aliphatic rings. The Morgan fingerprint density at radius 1 is 0.818 bits per heavy atom. The molecule has 0 spiro atoms. The molecule has 0 saturated heterocycles. The van der Waals surface area contributed by atoms with Crippen LogP contribution in [0.5, 0.6) is 17.2 Å². The molecule has 0 aliphatic carbocycles. The Hall–Kier alpha value is -5.36. The smallest absolute Gasteiger partial charge is 0.264 e. The van der Waals surface area contributed by atoms with Gasteiger partial charge in [0.1, 0.15) is 23.8 Å². The van der Waals surface area contributed by atoms with Crippen molar-refractivity contribution in [3.8, 4) is 17.2 Å². The van der Waals surface area contributed by atoms with Crippen LogP contribution in [-0.4, -0.2) is 53.8 Å². The predicted molar refractivity (Wildman–Crippen MR) is 168 cm³/mol. The number of carbonyl (C=O) groups is 2. The van der Waals surface area contributed by atoms with Crippen molar-refractivity contribution in [2.24, 2.45) is 5.10 Å². The largest absolute Gasteiger partial charge is 0.495 e. The lowest BCUT2D eigenvalue weighted by Crippen LogP contribution is -2.39. The van der Waals surface area contributed by atoms with Gasteiger partial charge in [-0.25, -0.2) is 13.8 Å². The highest BCUT2D eigenvalue weighted by Crippen LogP contribution is 2.32. The van der Waals surface area contributed by atoms with Crippen molar-refractivity contribution in [2.75, 3.05) is 37.0 Å². The zero-order chi connectivity index (χ0) is 31.5. The van der Waals surface area contributed by atoms with Crippen molar-refractivity contribution in [1.29, 1.82) is 0 Å². The Kier molecular flexibility index (Phi) is 10.5. The Bertz CT molecular complexity index is 1720. The number of para-hydroxylation sites is 4. The van der Waals surface area contributed by atoms with Crippen molar-refractivity contribution in [3.63, 3.8) is 0 Å². The molecule has 2 amide bonds. The van der Waals surface area contributed by atoms with Gasteiger partial charge in [0.15, 0.2) is 6.61 Å². The zero-order valence-electron chi connectivity index (χ0n) is 24.4. The number of sulfonamides is 1. The van der Waals surface area contributed by atoms with Gasteiger partial charge in [0.05, 0.1) is 36.7 Å². The van der Waals surface area contributed by atoms with E-state index in [1.54, 1.807) is 84.9 Å². The van der Waals surface area contributed by atoms with Gasteiger partial charge < -0.3 is 19.5 Å². The van der Waals surface area contributed by atoms with Gasteiger partial charge in [0, 0.05) is 0 Å². The summed E-state index contributed by atoms with van der Waals surface area (Å²) in [4.78, 5) is 25.2. The standard InChI is InChI=1S/C32H32N4O7S/c1-23-12-18-26(19-13-23)44(39,40)36(28-9-5-7-11-30(28)42-3)21-31(37)35-33-20-24-14-16-25(17-15-24)43-22-32(38)34-27-8-4-6-10-29(27)41-2/h4-20H,21-22H2,1-3H3,(H,34,38)(H,35,37)/b33-20-. The first-order valence-electron chi connectivity index (χ1n) is 13.4. The average Bonchev–Trinajstić information content (AvgIpc) is 3.03. The molecule has 0 aromatic heterocycles. The lowest BCUT2D eigenvalue weighted by Gasteiger charge is -2.25. The number of nitrogens with zero attached hydrogens (tertiary/aromatic N) is 2. The number of hydrogen-bond acceptors (Lipinski definition) is 8. The van der Waals surface area contributed by atoms with Crippen LogP contribution in [0, 0.1) is 6.92 Å². The van der Waals surface area contributed by atoms with Crippen molar-refractivity contribution in [3.05, 3.63) is 108 Å². The molecule has 0 heterocycles. The van der Waals surface area contributed by atoms with E-state index >= 15 is 0 Å². The van der Waals surface area contributed by atoms with Crippen LogP contribution in [0.15, 0.2) is 107 Å². The first-order valence-corrected chi connectivity index (χ1v) is 14.9. The zero-order valence-corrected chi connectivity index (χ0v) is 25.2. The maximum absolute atomic E-state index is 13.6. The molecule has 2 N–H and O–H groups in total. The van der Waals surface area contributed by atoms with Crippen LogP contribution in [0.2, 0.25) is 0 Å². The van der Waals surface area contributed by atoms with Crippen molar-refractivity contribution in [2.45, 2.75) is 11.8 Å². The number of carbonyl (C=O) groups excluding carboxylic acids is 2. The monoisotopic (exact) mass is 616 g/mol. The minimum absolute atomic E-state index is 0.0323. The first-order chi connectivity index (χ1) is 21.2. The summed E-state index contributed by atoms with van der Waals surface area (Å²) in [5.74, 6) is 0.268. The Balaban J connectivity index is 1.37. The minimum atomic E-state index is -4.12. The van der Waals surface area contributed by atoms with E-state index in [9.17, 15) is 18.0 Å². The third kappa shape index (κ3) is 8.13. The summed E-state index contributed by atoms with van der Waals surface area (Å²) in [6.45, 7) is 1.09. The maximum Gasteiger partial charge on any atom is 0.264 e. The highest BCUT2D eigenvalue weighted by Gasteiger charge is 2.29. The van der Waals surface area contributed by atoms with Crippen LogP contribution in [-0.2, 0) is 19.6 Å².